The number of aryl methyl sites for hydroxylation is 1. The van der Waals surface area contributed by atoms with Gasteiger partial charge in [0.15, 0.2) is 0 Å². The Labute approximate surface area is 123 Å². The van der Waals surface area contributed by atoms with Crippen molar-refractivity contribution in [2.75, 3.05) is 12.3 Å². The number of carboxylic acid groups (broad SMARTS) is 1. The lowest BCUT2D eigenvalue weighted by molar-refractivity contribution is -0.138. The van der Waals surface area contributed by atoms with Crippen molar-refractivity contribution in [1.29, 1.82) is 0 Å². The molecular weight excluding hydrogens is 274 g/mol. The Morgan fingerprint density at radius 1 is 1.45 bits per heavy atom. The van der Waals surface area contributed by atoms with E-state index >= 15 is 0 Å². The molecule has 1 amide bonds. The summed E-state index contributed by atoms with van der Waals surface area (Å²) in [5.41, 5.74) is 2.33. The van der Waals surface area contributed by atoms with Gasteiger partial charge in [0.25, 0.3) is 0 Å². The van der Waals surface area contributed by atoms with Crippen molar-refractivity contribution in [3.63, 3.8) is 0 Å². The largest absolute Gasteiger partial charge is 0.481 e. The van der Waals surface area contributed by atoms with E-state index < -0.39 is 5.97 Å². The normalized spacial score (nSPS) is 18.9. The van der Waals surface area contributed by atoms with Crippen LogP contribution in [0.5, 0.6) is 0 Å². The third kappa shape index (κ3) is 3.76. The van der Waals surface area contributed by atoms with Gasteiger partial charge in [-0.1, -0.05) is 31.2 Å². The van der Waals surface area contributed by atoms with Crippen LogP contribution in [0.4, 0.5) is 0 Å². The molecule has 0 aromatic heterocycles. The molecule has 2 unspecified atom stereocenters. The fourth-order valence-electron chi connectivity index (χ4n) is 2.35. The molecule has 108 valence electrons. The Hall–Kier alpha value is -1.49. The summed E-state index contributed by atoms with van der Waals surface area (Å²) >= 11 is 1.65. The highest BCUT2D eigenvalue weighted by Gasteiger charge is 2.26. The van der Waals surface area contributed by atoms with Gasteiger partial charge in [0.05, 0.1) is 0 Å². The van der Waals surface area contributed by atoms with Gasteiger partial charge in [-0.3, -0.25) is 9.59 Å². The summed E-state index contributed by atoms with van der Waals surface area (Å²) in [4.78, 5) is 22.9. The van der Waals surface area contributed by atoms with E-state index in [-0.39, 0.29) is 23.5 Å². The first kappa shape index (κ1) is 14.9. The summed E-state index contributed by atoms with van der Waals surface area (Å²) in [6, 6.07) is 8.03. The minimum atomic E-state index is -0.830. The van der Waals surface area contributed by atoms with Gasteiger partial charge in [-0.15, -0.1) is 11.8 Å². The fraction of sp³-hybridized carbons (Fsp3) is 0.467. The zero-order valence-electron chi connectivity index (χ0n) is 11.5. The van der Waals surface area contributed by atoms with E-state index in [4.69, 9.17) is 5.11 Å². The number of rotatable bonds is 5. The van der Waals surface area contributed by atoms with Crippen LogP contribution >= 0.6 is 11.8 Å². The molecule has 20 heavy (non-hydrogen) atoms. The standard InChI is InChI=1S/C15H19NO3S/c1-10(8-13(17)18)9-16-15(19)14-12-5-3-2-4-11(12)6-7-20-14/h2-5,10,14H,6-9H2,1H3,(H,16,19)(H,17,18). The number of carbonyl (C=O) groups is 2. The number of aliphatic carboxylic acids is 1. The SMILES string of the molecule is CC(CNC(=O)C1SCCc2ccccc21)CC(=O)O. The van der Waals surface area contributed by atoms with Crippen LogP contribution in [0.1, 0.15) is 29.7 Å². The molecule has 1 heterocycles. The molecule has 0 saturated carbocycles. The molecule has 1 aliphatic rings. The van der Waals surface area contributed by atoms with Crippen molar-refractivity contribution in [1.82, 2.24) is 5.32 Å². The average Bonchev–Trinajstić information content (AvgIpc) is 2.43. The monoisotopic (exact) mass is 293 g/mol. The summed E-state index contributed by atoms with van der Waals surface area (Å²) in [7, 11) is 0. The van der Waals surface area contributed by atoms with E-state index in [9.17, 15) is 9.59 Å². The maximum Gasteiger partial charge on any atom is 0.303 e. The molecule has 0 bridgehead atoms. The van der Waals surface area contributed by atoms with Crippen molar-refractivity contribution in [3.05, 3.63) is 35.4 Å². The number of hydrogen-bond donors (Lipinski definition) is 2. The number of fused-ring (bicyclic) bond motifs is 1. The first-order valence-electron chi connectivity index (χ1n) is 6.77. The fourth-order valence-corrected chi connectivity index (χ4v) is 3.57. The minimum absolute atomic E-state index is 0.0145. The predicted octanol–water partition coefficient (Wildman–Crippen LogP) is 2.24. The molecule has 5 heteroatoms. The molecule has 2 N–H and O–H groups in total. The van der Waals surface area contributed by atoms with Gasteiger partial charge in [0.2, 0.25) is 5.91 Å². The maximum absolute atomic E-state index is 12.3. The summed E-state index contributed by atoms with van der Waals surface area (Å²) in [6.45, 7) is 2.24. The number of thioether (sulfide) groups is 1. The summed E-state index contributed by atoms with van der Waals surface area (Å²) in [6.07, 6.45) is 1.08. The van der Waals surface area contributed by atoms with E-state index in [1.807, 2.05) is 25.1 Å². The number of carboxylic acids is 1. The third-order valence-corrected chi connectivity index (χ3v) is 4.62. The lowest BCUT2D eigenvalue weighted by Gasteiger charge is -2.24. The van der Waals surface area contributed by atoms with Gasteiger partial charge in [-0.2, -0.15) is 0 Å². The molecule has 4 nitrogen and oxygen atoms in total. The Balaban J connectivity index is 1.95. The van der Waals surface area contributed by atoms with Gasteiger partial charge in [0, 0.05) is 13.0 Å². The molecule has 0 saturated heterocycles. The Kier molecular flexibility index (Phi) is 5.06. The topological polar surface area (TPSA) is 66.4 Å². The lowest BCUT2D eigenvalue weighted by Crippen LogP contribution is -2.33. The average molecular weight is 293 g/mol. The van der Waals surface area contributed by atoms with Crippen molar-refractivity contribution in [2.45, 2.75) is 25.0 Å². The molecule has 2 atom stereocenters. The highest BCUT2D eigenvalue weighted by atomic mass is 32.2. The molecular formula is C15H19NO3S. The Morgan fingerprint density at radius 2 is 2.20 bits per heavy atom. The van der Waals surface area contributed by atoms with E-state index in [1.165, 1.54) is 5.56 Å². The van der Waals surface area contributed by atoms with Crippen LogP contribution in [0.2, 0.25) is 0 Å². The Bertz CT molecular complexity index is 504. The van der Waals surface area contributed by atoms with Crippen molar-refractivity contribution in [2.24, 2.45) is 5.92 Å². The Morgan fingerprint density at radius 3 is 2.95 bits per heavy atom. The first-order valence-corrected chi connectivity index (χ1v) is 7.81. The van der Waals surface area contributed by atoms with Crippen molar-refractivity contribution < 1.29 is 14.7 Å². The van der Waals surface area contributed by atoms with E-state index in [1.54, 1.807) is 11.8 Å². The lowest BCUT2D eigenvalue weighted by atomic mass is 10.0. The molecule has 0 spiro atoms. The van der Waals surface area contributed by atoms with Gasteiger partial charge in [0.1, 0.15) is 5.25 Å². The smallest absolute Gasteiger partial charge is 0.303 e. The zero-order chi connectivity index (χ0) is 14.5. The summed E-state index contributed by atoms with van der Waals surface area (Å²) in [5, 5.41) is 11.4. The third-order valence-electron chi connectivity index (χ3n) is 3.38. The first-order chi connectivity index (χ1) is 9.58. The van der Waals surface area contributed by atoms with Crippen LogP contribution in [-0.4, -0.2) is 29.3 Å². The maximum atomic E-state index is 12.3. The molecule has 0 aliphatic carbocycles. The number of nitrogens with one attached hydrogen (secondary N) is 1. The van der Waals surface area contributed by atoms with Gasteiger partial charge < -0.3 is 10.4 Å². The van der Waals surface area contributed by atoms with Crippen LogP contribution in [0, 0.1) is 5.92 Å². The molecule has 0 fully saturated rings. The number of hydrogen-bond acceptors (Lipinski definition) is 3. The summed E-state index contributed by atoms with van der Waals surface area (Å²) in [5.74, 6) is 0.0450. The van der Waals surface area contributed by atoms with E-state index in [0.717, 1.165) is 17.7 Å². The number of amides is 1. The highest BCUT2D eigenvalue weighted by molar-refractivity contribution is 8.00. The second-order valence-electron chi connectivity index (χ2n) is 5.15. The van der Waals surface area contributed by atoms with Crippen molar-refractivity contribution in [3.8, 4) is 0 Å². The molecule has 1 aliphatic heterocycles. The van der Waals surface area contributed by atoms with Gasteiger partial charge in [-0.05, 0) is 29.2 Å². The molecule has 2 rings (SSSR count). The van der Waals surface area contributed by atoms with Crippen LogP contribution in [0.3, 0.4) is 0 Å². The predicted molar refractivity (Wildman–Crippen MR) is 79.8 cm³/mol. The van der Waals surface area contributed by atoms with Crippen LogP contribution in [0.25, 0.3) is 0 Å². The number of carbonyl (C=O) groups excluding carboxylic acids is 1. The van der Waals surface area contributed by atoms with Gasteiger partial charge >= 0.3 is 5.97 Å². The van der Waals surface area contributed by atoms with Gasteiger partial charge in [-0.25, -0.2) is 0 Å². The zero-order valence-corrected chi connectivity index (χ0v) is 12.3. The van der Waals surface area contributed by atoms with Crippen LogP contribution < -0.4 is 5.32 Å². The molecule has 0 radical (unpaired) electrons. The van der Waals surface area contributed by atoms with Crippen LogP contribution in [-0.2, 0) is 16.0 Å². The second kappa shape index (κ2) is 6.79. The quantitative estimate of drug-likeness (QED) is 0.874. The van der Waals surface area contributed by atoms with Crippen molar-refractivity contribution >= 4 is 23.6 Å². The molecule has 1 aromatic carbocycles. The molecule has 1 aromatic rings. The minimum Gasteiger partial charge on any atom is -0.481 e. The number of benzene rings is 1. The second-order valence-corrected chi connectivity index (χ2v) is 6.36. The highest BCUT2D eigenvalue weighted by Crippen LogP contribution is 2.36. The van der Waals surface area contributed by atoms with E-state index in [2.05, 4.69) is 11.4 Å². The summed E-state index contributed by atoms with van der Waals surface area (Å²) < 4.78 is 0. The van der Waals surface area contributed by atoms with E-state index in [0.29, 0.717) is 6.54 Å². The van der Waals surface area contributed by atoms with Crippen LogP contribution in [0.15, 0.2) is 24.3 Å².